The highest BCUT2D eigenvalue weighted by atomic mass is 35.5. The third-order valence-corrected chi connectivity index (χ3v) is 5.40. The molecule has 28 heavy (non-hydrogen) atoms. The van der Waals surface area contributed by atoms with E-state index in [9.17, 15) is 0 Å². The van der Waals surface area contributed by atoms with E-state index >= 15 is 0 Å². The average molecular weight is 381 g/mol. The molecular formula is C25H17ClN2. The predicted molar refractivity (Wildman–Crippen MR) is 120 cm³/mol. The molecule has 0 fully saturated rings. The van der Waals surface area contributed by atoms with Crippen molar-refractivity contribution in [1.82, 2.24) is 9.97 Å². The number of hydrogen-bond acceptors (Lipinski definition) is 2. The lowest BCUT2D eigenvalue weighted by Gasteiger charge is -2.11. The van der Waals surface area contributed by atoms with Gasteiger partial charge in [0, 0.05) is 10.9 Å². The maximum atomic E-state index is 6.55. The van der Waals surface area contributed by atoms with E-state index < -0.39 is 0 Å². The molecule has 0 aliphatic carbocycles. The Bertz CT molecular complexity index is 1400. The summed E-state index contributed by atoms with van der Waals surface area (Å²) in [6.07, 6.45) is 0. The zero-order valence-electron chi connectivity index (χ0n) is 15.4. The fraction of sp³-hybridized carbons (Fsp3) is 0.0400. The standard InChI is InChI=1S/C25H17ClN2/c1-15(2)19-9-5-7-17-10-11-18(14-21(17)19)23-25(26)27-22-13-12-16-6-3-4-8-20(16)24(22)28-23/h3-14H,1H2,2H3. The van der Waals surface area contributed by atoms with Crippen molar-refractivity contribution in [2.45, 2.75) is 6.92 Å². The maximum absolute atomic E-state index is 6.55. The molecule has 0 N–H and O–H groups in total. The van der Waals surface area contributed by atoms with Crippen LogP contribution >= 0.6 is 11.6 Å². The molecule has 0 aliphatic rings. The highest BCUT2D eigenvalue weighted by molar-refractivity contribution is 6.32. The molecule has 0 radical (unpaired) electrons. The Balaban J connectivity index is 1.81. The van der Waals surface area contributed by atoms with Gasteiger partial charge < -0.3 is 0 Å². The summed E-state index contributed by atoms with van der Waals surface area (Å²) in [6.45, 7) is 6.14. The summed E-state index contributed by atoms with van der Waals surface area (Å²) in [5.41, 5.74) is 5.48. The quantitative estimate of drug-likeness (QED) is 0.300. The molecule has 1 heterocycles. The van der Waals surface area contributed by atoms with Gasteiger partial charge in [-0.3, -0.25) is 0 Å². The van der Waals surface area contributed by atoms with Crippen molar-refractivity contribution < 1.29 is 0 Å². The van der Waals surface area contributed by atoms with Crippen LogP contribution in [0.3, 0.4) is 0 Å². The van der Waals surface area contributed by atoms with Crippen molar-refractivity contribution >= 4 is 49.8 Å². The van der Waals surface area contributed by atoms with E-state index in [4.69, 9.17) is 16.6 Å². The first-order valence-electron chi connectivity index (χ1n) is 9.16. The molecule has 5 rings (SSSR count). The summed E-state index contributed by atoms with van der Waals surface area (Å²) in [7, 11) is 0. The van der Waals surface area contributed by atoms with Crippen molar-refractivity contribution in [1.29, 1.82) is 0 Å². The van der Waals surface area contributed by atoms with Gasteiger partial charge in [0.2, 0.25) is 0 Å². The van der Waals surface area contributed by atoms with Crippen LogP contribution < -0.4 is 0 Å². The van der Waals surface area contributed by atoms with Crippen molar-refractivity contribution in [3.63, 3.8) is 0 Å². The topological polar surface area (TPSA) is 25.8 Å². The molecule has 4 aromatic carbocycles. The number of hydrogen-bond donors (Lipinski definition) is 0. The molecule has 2 nitrogen and oxygen atoms in total. The lowest BCUT2D eigenvalue weighted by molar-refractivity contribution is 1.30. The van der Waals surface area contributed by atoms with Crippen LogP contribution in [0, 0.1) is 0 Å². The molecule has 0 bridgehead atoms. The van der Waals surface area contributed by atoms with Crippen LogP contribution in [-0.4, -0.2) is 9.97 Å². The van der Waals surface area contributed by atoms with Gasteiger partial charge in [-0.1, -0.05) is 84.4 Å². The van der Waals surface area contributed by atoms with E-state index in [1.165, 1.54) is 5.39 Å². The summed E-state index contributed by atoms with van der Waals surface area (Å²) in [6, 6.07) is 24.8. The lowest BCUT2D eigenvalue weighted by atomic mass is 9.97. The molecule has 0 unspecified atom stereocenters. The molecule has 0 saturated carbocycles. The number of benzene rings is 4. The van der Waals surface area contributed by atoms with Crippen molar-refractivity contribution in [3.8, 4) is 11.3 Å². The van der Waals surface area contributed by atoms with E-state index in [2.05, 4.69) is 66.2 Å². The van der Waals surface area contributed by atoms with Gasteiger partial charge in [-0.15, -0.1) is 0 Å². The fourth-order valence-electron chi connectivity index (χ4n) is 3.74. The second kappa shape index (κ2) is 6.43. The highest BCUT2D eigenvalue weighted by Crippen LogP contribution is 2.33. The number of fused-ring (bicyclic) bond motifs is 4. The van der Waals surface area contributed by atoms with Crippen LogP contribution in [0.1, 0.15) is 12.5 Å². The van der Waals surface area contributed by atoms with E-state index in [0.29, 0.717) is 10.8 Å². The summed E-state index contributed by atoms with van der Waals surface area (Å²) in [5.74, 6) is 0. The third-order valence-electron chi connectivity index (χ3n) is 5.13. The van der Waals surface area contributed by atoms with E-state index in [-0.39, 0.29) is 0 Å². The Morgan fingerprint density at radius 1 is 0.821 bits per heavy atom. The molecule has 0 aliphatic heterocycles. The second-order valence-electron chi connectivity index (χ2n) is 7.04. The molecule has 1 aromatic heterocycles. The van der Waals surface area contributed by atoms with Crippen LogP contribution in [0.2, 0.25) is 5.15 Å². The second-order valence-corrected chi connectivity index (χ2v) is 7.40. The van der Waals surface area contributed by atoms with Gasteiger partial charge in [0.15, 0.2) is 5.15 Å². The average Bonchev–Trinajstić information content (AvgIpc) is 2.72. The number of halogens is 1. The third kappa shape index (κ3) is 2.65. The highest BCUT2D eigenvalue weighted by Gasteiger charge is 2.13. The zero-order chi connectivity index (χ0) is 19.3. The zero-order valence-corrected chi connectivity index (χ0v) is 16.2. The molecule has 0 spiro atoms. The van der Waals surface area contributed by atoms with Crippen LogP contribution in [0.5, 0.6) is 0 Å². The van der Waals surface area contributed by atoms with Gasteiger partial charge in [-0.2, -0.15) is 0 Å². The van der Waals surface area contributed by atoms with Crippen LogP contribution in [0.15, 0.2) is 79.4 Å². The van der Waals surface area contributed by atoms with Gasteiger partial charge in [0.1, 0.15) is 5.69 Å². The SMILES string of the molecule is C=C(C)c1cccc2ccc(-c3nc4c(ccc5ccccc54)nc3Cl)cc12. The number of rotatable bonds is 2. The van der Waals surface area contributed by atoms with Crippen LogP contribution in [0.4, 0.5) is 0 Å². The number of aromatic nitrogens is 2. The minimum atomic E-state index is 0.412. The van der Waals surface area contributed by atoms with Crippen LogP contribution in [-0.2, 0) is 0 Å². The Morgan fingerprint density at radius 2 is 1.57 bits per heavy atom. The summed E-state index contributed by atoms with van der Waals surface area (Å²) in [4.78, 5) is 9.56. The fourth-order valence-corrected chi connectivity index (χ4v) is 3.99. The molecule has 0 saturated heterocycles. The van der Waals surface area contributed by atoms with Crippen molar-refractivity contribution in [3.05, 3.63) is 90.1 Å². The van der Waals surface area contributed by atoms with Gasteiger partial charge in [0.05, 0.1) is 11.0 Å². The minimum absolute atomic E-state index is 0.412. The Kier molecular flexibility index (Phi) is 3.88. The van der Waals surface area contributed by atoms with E-state index in [0.717, 1.165) is 43.9 Å². The molecule has 0 amide bonds. The van der Waals surface area contributed by atoms with Gasteiger partial charge >= 0.3 is 0 Å². The molecule has 134 valence electrons. The first-order valence-corrected chi connectivity index (χ1v) is 9.54. The summed E-state index contributed by atoms with van der Waals surface area (Å²) >= 11 is 6.55. The van der Waals surface area contributed by atoms with Crippen molar-refractivity contribution in [2.75, 3.05) is 0 Å². The molecular weight excluding hydrogens is 364 g/mol. The van der Waals surface area contributed by atoms with E-state index in [1.807, 2.05) is 25.1 Å². The Labute approximate surface area is 168 Å². The monoisotopic (exact) mass is 380 g/mol. The molecule has 5 aromatic rings. The number of nitrogens with zero attached hydrogens (tertiary/aromatic N) is 2. The minimum Gasteiger partial charge on any atom is -0.242 e. The Morgan fingerprint density at radius 3 is 2.43 bits per heavy atom. The van der Waals surface area contributed by atoms with Gasteiger partial charge in [-0.25, -0.2) is 9.97 Å². The summed E-state index contributed by atoms with van der Waals surface area (Å²) < 4.78 is 0. The van der Waals surface area contributed by atoms with Crippen molar-refractivity contribution in [2.24, 2.45) is 0 Å². The first-order chi connectivity index (χ1) is 13.6. The van der Waals surface area contributed by atoms with Gasteiger partial charge in [-0.05, 0) is 40.8 Å². The Hall–Kier alpha value is -3.23. The normalized spacial score (nSPS) is 11.4. The van der Waals surface area contributed by atoms with E-state index in [1.54, 1.807) is 0 Å². The maximum Gasteiger partial charge on any atom is 0.156 e. The van der Waals surface area contributed by atoms with Gasteiger partial charge in [0.25, 0.3) is 0 Å². The predicted octanol–water partition coefficient (Wildman–Crippen LogP) is 7.29. The summed E-state index contributed by atoms with van der Waals surface area (Å²) in [5, 5.41) is 4.94. The molecule has 3 heteroatoms. The number of allylic oxidation sites excluding steroid dienone is 1. The smallest absolute Gasteiger partial charge is 0.156 e. The molecule has 0 atom stereocenters. The largest absolute Gasteiger partial charge is 0.242 e. The first kappa shape index (κ1) is 16.9. The lowest BCUT2D eigenvalue weighted by Crippen LogP contribution is -1.93. The van der Waals surface area contributed by atoms with Crippen LogP contribution in [0.25, 0.3) is 49.4 Å².